The zero-order valence-electron chi connectivity index (χ0n) is 13.3. The van der Waals surface area contributed by atoms with Gasteiger partial charge in [-0.15, -0.1) is 0 Å². The Hall–Kier alpha value is -2.08. The molecular weight excluding hydrogens is 282 g/mol. The van der Waals surface area contributed by atoms with E-state index in [9.17, 15) is 9.59 Å². The molecule has 2 rings (SSSR count). The quantitative estimate of drug-likeness (QED) is 0.868. The first-order chi connectivity index (χ1) is 10.4. The number of amides is 2. The van der Waals surface area contributed by atoms with Crippen molar-refractivity contribution >= 4 is 23.2 Å². The fourth-order valence-corrected chi connectivity index (χ4v) is 2.27. The average Bonchev–Trinajstić information content (AvgIpc) is 2.93. The van der Waals surface area contributed by atoms with E-state index in [0.29, 0.717) is 24.4 Å². The maximum Gasteiger partial charge on any atom is 0.231 e. The summed E-state index contributed by atoms with van der Waals surface area (Å²) in [6, 6.07) is 5.30. The third-order valence-electron chi connectivity index (χ3n) is 3.93. The second kappa shape index (κ2) is 6.36. The van der Waals surface area contributed by atoms with Crippen molar-refractivity contribution in [1.29, 1.82) is 0 Å². The molecular formula is C16H23N3O3. The number of hydrogen-bond acceptors (Lipinski definition) is 4. The number of nitrogens with one attached hydrogen (secondary N) is 1. The zero-order valence-corrected chi connectivity index (χ0v) is 13.3. The number of nitrogens with two attached hydrogens (primary N) is 1. The minimum atomic E-state index is -0.642. The van der Waals surface area contributed by atoms with Gasteiger partial charge in [0.15, 0.2) is 0 Å². The van der Waals surface area contributed by atoms with E-state index in [1.54, 1.807) is 44.1 Å². The van der Waals surface area contributed by atoms with Gasteiger partial charge in [0, 0.05) is 31.3 Å². The van der Waals surface area contributed by atoms with E-state index in [2.05, 4.69) is 5.32 Å². The Kier molecular flexibility index (Phi) is 4.71. The Labute approximate surface area is 130 Å². The van der Waals surface area contributed by atoms with Crippen molar-refractivity contribution in [2.75, 3.05) is 30.4 Å². The number of methoxy groups -OCH3 is 1. The molecule has 0 saturated carbocycles. The van der Waals surface area contributed by atoms with Crippen LogP contribution in [-0.2, 0) is 9.59 Å². The van der Waals surface area contributed by atoms with Crippen LogP contribution in [0.4, 0.5) is 11.4 Å². The first-order valence-electron chi connectivity index (χ1n) is 7.39. The van der Waals surface area contributed by atoms with Crippen LogP contribution in [0.25, 0.3) is 0 Å². The van der Waals surface area contributed by atoms with Gasteiger partial charge in [0.25, 0.3) is 0 Å². The smallest absolute Gasteiger partial charge is 0.231 e. The first kappa shape index (κ1) is 16.3. The molecule has 1 aliphatic rings. The molecule has 0 aliphatic carbocycles. The molecule has 6 heteroatoms. The number of hydrogen-bond donors (Lipinski definition) is 2. The van der Waals surface area contributed by atoms with Crippen molar-refractivity contribution in [3.8, 4) is 5.75 Å². The van der Waals surface area contributed by atoms with Gasteiger partial charge in [0.2, 0.25) is 11.8 Å². The molecule has 3 N–H and O–H groups in total. The van der Waals surface area contributed by atoms with Crippen LogP contribution in [-0.4, -0.2) is 32.0 Å². The van der Waals surface area contributed by atoms with Crippen LogP contribution in [0, 0.1) is 5.41 Å². The first-order valence-corrected chi connectivity index (χ1v) is 7.39. The van der Waals surface area contributed by atoms with E-state index in [4.69, 9.17) is 10.5 Å². The molecule has 2 amide bonds. The Morgan fingerprint density at radius 1 is 1.45 bits per heavy atom. The molecule has 22 heavy (non-hydrogen) atoms. The predicted molar refractivity (Wildman–Crippen MR) is 86.0 cm³/mol. The summed E-state index contributed by atoms with van der Waals surface area (Å²) < 4.78 is 5.37. The lowest BCUT2D eigenvalue weighted by molar-refractivity contribution is -0.123. The molecule has 6 nitrogen and oxygen atoms in total. The van der Waals surface area contributed by atoms with Crippen molar-refractivity contribution in [3.05, 3.63) is 18.2 Å². The molecule has 0 aromatic heterocycles. The van der Waals surface area contributed by atoms with E-state index in [1.807, 2.05) is 0 Å². The number of anilines is 2. The number of carbonyl (C=O) groups is 2. The summed E-state index contributed by atoms with van der Waals surface area (Å²) in [4.78, 5) is 25.7. The number of benzene rings is 1. The van der Waals surface area contributed by atoms with Gasteiger partial charge in [-0.25, -0.2) is 0 Å². The minimum Gasteiger partial charge on any atom is -0.494 e. The monoisotopic (exact) mass is 305 g/mol. The fourth-order valence-electron chi connectivity index (χ4n) is 2.27. The summed E-state index contributed by atoms with van der Waals surface area (Å²) in [7, 11) is 1.55. The van der Waals surface area contributed by atoms with Crippen LogP contribution < -0.4 is 20.7 Å². The second-order valence-electron chi connectivity index (χ2n) is 6.08. The molecule has 120 valence electrons. The third-order valence-corrected chi connectivity index (χ3v) is 3.93. The van der Waals surface area contributed by atoms with Crippen LogP contribution in [0.2, 0.25) is 0 Å². The molecule has 1 saturated heterocycles. The van der Waals surface area contributed by atoms with Gasteiger partial charge in [-0.1, -0.05) is 0 Å². The summed E-state index contributed by atoms with van der Waals surface area (Å²) in [5.41, 5.74) is 6.33. The van der Waals surface area contributed by atoms with Crippen LogP contribution in [0.1, 0.15) is 26.7 Å². The Bertz CT molecular complexity index is 584. The highest BCUT2D eigenvalue weighted by atomic mass is 16.5. The van der Waals surface area contributed by atoms with E-state index in [1.165, 1.54) is 0 Å². The molecule has 1 aliphatic heterocycles. The number of nitrogens with zero attached hydrogens (tertiary/aromatic N) is 1. The normalized spacial score (nSPS) is 15.1. The summed E-state index contributed by atoms with van der Waals surface area (Å²) in [6.07, 6.45) is 1.41. The molecule has 1 aromatic rings. The lowest BCUT2D eigenvalue weighted by atomic mass is 9.92. The van der Waals surface area contributed by atoms with Crippen LogP contribution in [0.5, 0.6) is 5.75 Å². The van der Waals surface area contributed by atoms with Crippen LogP contribution in [0.3, 0.4) is 0 Å². The van der Waals surface area contributed by atoms with Crippen LogP contribution in [0.15, 0.2) is 18.2 Å². The van der Waals surface area contributed by atoms with Gasteiger partial charge in [-0.05, 0) is 32.4 Å². The lowest BCUT2D eigenvalue weighted by Gasteiger charge is -2.23. The predicted octanol–water partition coefficient (Wildman–Crippen LogP) is 1.75. The molecule has 0 atom stereocenters. The van der Waals surface area contributed by atoms with Gasteiger partial charge in [0.1, 0.15) is 5.75 Å². The van der Waals surface area contributed by atoms with Gasteiger partial charge < -0.3 is 20.7 Å². The summed E-state index contributed by atoms with van der Waals surface area (Å²) >= 11 is 0. The van der Waals surface area contributed by atoms with Gasteiger partial charge >= 0.3 is 0 Å². The fraction of sp³-hybridized carbons (Fsp3) is 0.500. The van der Waals surface area contributed by atoms with E-state index >= 15 is 0 Å². The topological polar surface area (TPSA) is 84.7 Å². The van der Waals surface area contributed by atoms with Crippen molar-refractivity contribution in [3.63, 3.8) is 0 Å². The molecule has 0 radical (unpaired) electrons. The molecule has 1 aromatic carbocycles. The number of carbonyl (C=O) groups excluding carboxylic acids is 2. The maximum atomic E-state index is 12.2. The van der Waals surface area contributed by atoms with E-state index in [-0.39, 0.29) is 18.4 Å². The Morgan fingerprint density at radius 3 is 2.73 bits per heavy atom. The average molecular weight is 305 g/mol. The highest BCUT2D eigenvalue weighted by Gasteiger charge is 2.27. The summed E-state index contributed by atoms with van der Waals surface area (Å²) in [5, 5.41) is 2.83. The van der Waals surface area contributed by atoms with Gasteiger partial charge in [0.05, 0.1) is 18.2 Å². The van der Waals surface area contributed by atoms with E-state index in [0.717, 1.165) is 12.1 Å². The minimum absolute atomic E-state index is 0.0966. The Balaban J connectivity index is 2.22. The molecule has 1 heterocycles. The largest absolute Gasteiger partial charge is 0.494 e. The third kappa shape index (κ3) is 3.22. The van der Waals surface area contributed by atoms with Gasteiger partial charge in [-0.2, -0.15) is 0 Å². The number of rotatable bonds is 5. The van der Waals surface area contributed by atoms with Crippen LogP contribution >= 0.6 is 0 Å². The lowest BCUT2D eigenvalue weighted by Crippen LogP contribution is -2.37. The second-order valence-corrected chi connectivity index (χ2v) is 6.08. The highest BCUT2D eigenvalue weighted by Crippen LogP contribution is 2.34. The number of ether oxygens (including phenoxy) is 1. The van der Waals surface area contributed by atoms with Crippen molar-refractivity contribution in [1.82, 2.24) is 0 Å². The zero-order chi connectivity index (χ0) is 16.3. The van der Waals surface area contributed by atoms with Crippen molar-refractivity contribution in [2.45, 2.75) is 26.7 Å². The summed E-state index contributed by atoms with van der Waals surface area (Å²) in [5.74, 6) is 0.514. The molecule has 1 fully saturated rings. The molecule has 0 bridgehead atoms. The standard InChI is InChI=1S/C16H23N3O3/c1-16(2,10-17)15(21)18-11-6-7-12(13(9-11)22-3)19-8-4-5-14(19)20/h6-7,9H,4-5,8,10,17H2,1-3H3,(H,18,21). The van der Waals surface area contributed by atoms with E-state index < -0.39 is 5.41 Å². The maximum absolute atomic E-state index is 12.2. The van der Waals surface area contributed by atoms with Gasteiger partial charge in [-0.3, -0.25) is 9.59 Å². The Morgan fingerprint density at radius 2 is 2.18 bits per heavy atom. The van der Waals surface area contributed by atoms with Crippen molar-refractivity contribution in [2.24, 2.45) is 11.1 Å². The summed E-state index contributed by atoms with van der Waals surface area (Å²) in [6.45, 7) is 4.53. The SMILES string of the molecule is COc1cc(NC(=O)C(C)(C)CN)ccc1N1CCCC1=O. The van der Waals surface area contributed by atoms with Crippen molar-refractivity contribution < 1.29 is 14.3 Å². The highest BCUT2D eigenvalue weighted by molar-refractivity contribution is 5.98. The molecule has 0 spiro atoms. The molecule has 0 unspecified atom stereocenters.